The van der Waals surface area contributed by atoms with Crippen LogP contribution in [0, 0.1) is 5.82 Å². The Balaban J connectivity index is 0.000000861. The molecule has 0 saturated carbocycles. The fourth-order valence-electron chi connectivity index (χ4n) is 1.64. The van der Waals surface area contributed by atoms with Crippen LogP contribution in [0.25, 0.3) is 11.1 Å². The third-order valence-corrected chi connectivity index (χ3v) is 2.55. The summed E-state index contributed by atoms with van der Waals surface area (Å²) in [5, 5.41) is 2.40. The lowest BCUT2D eigenvalue weighted by atomic mass is 10.0. The van der Waals surface area contributed by atoms with Gasteiger partial charge in [-0.1, -0.05) is 50.2 Å². The molecule has 3 heteroatoms. The number of nitrogens with one attached hydrogen (secondary N) is 1. The summed E-state index contributed by atoms with van der Waals surface area (Å²) in [7, 11) is 1.48. The molecular weight excluding hydrogens is 241 g/mol. The van der Waals surface area contributed by atoms with Crippen molar-refractivity contribution in [2.75, 3.05) is 7.05 Å². The number of carbonyl (C=O) groups excluding carboxylic acids is 1. The minimum absolute atomic E-state index is 0.0622. The van der Waals surface area contributed by atoms with Gasteiger partial charge in [-0.3, -0.25) is 4.79 Å². The van der Waals surface area contributed by atoms with Gasteiger partial charge in [0.2, 0.25) is 0 Å². The molecule has 0 bridgehead atoms. The second-order valence-electron chi connectivity index (χ2n) is 3.64. The van der Waals surface area contributed by atoms with Crippen LogP contribution in [-0.2, 0) is 0 Å². The minimum Gasteiger partial charge on any atom is -0.355 e. The molecule has 0 aliphatic carbocycles. The van der Waals surface area contributed by atoms with Crippen molar-refractivity contribution in [3.63, 3.8) is 0 Å². The van der Waals surface area contributed by atoms with Crippen molar-refractivity contribution in [3.05, 3.63) is 59.9 Å². The molecule has 2 aromatic carbocycles. The lowest BCUT2D eigenvalue weighted by Gasteiger charge is -2.05. The summed E-state index contributed by atoms with van der Waals surface area (Å²) in [4.78, 5) is 11.3. The fourth-order valence-corrected chi connectivity index (χ4v) is 1.64. The third kappa shape index (κ3) is 3.65. The van der Waals surface area contributed by atoms with Gasteiger partial charge in [0.15, 0.2) is 0 Å². The van der Waals surface area contributed by atoms with Gasteiger partial charge in [0.1, 0.15) is 5.82 Å². The second-order valence-corrected chi connectivity index (χ2v) is 3.64. The Morgan fingerprint density at radius 2 is 1.63 bits per heavy atom. The highest BCUT2D eigenvalue weighted by molar-refractivity contribution is 5.94. The van der Waals surface area contributed by atoms with Crippen LogP contribution < -0.4 is 5.32 Å². The number of hydrogen-bond acceptors (Lipinski definition) is 1. The maximum absolute atomic E-state index is 13.7. The van der Waals surface area contributed by atoms with Crippen molar-refractivity contribution in [2.24, 2.45) is 0 Å². The highest BCUT2D eigenvalue weighted by Gasteiger charge is 2.10. The predicted molar refractivity (Wildman–Crippen MR) is 76.6 cm³/mol. The highest BCUT2D eigenvalue weighted by atomic mass is 19.1. The van der Waals surface area contributed by atoms with E-state index in [1.165, 1.54) is 19.2 Å². The van der Waals surface area contributed by atoms with Crippen LogP contribution in [0.1, 0.15) is 24.2 Å². The van der Waals surface area contributed by atoms with Gasteiger partial charge >= 0.3 is 0 Å². The molecule has 0 atom stereocenters. The molecule has 0 heterocycles. The molecule has 0 saturated heterocycles. The molecule has 2 nitrogen and oxygen atoms in total. The number of halogens is 1. The van der Waals surface area contributed by atoms with E-state index < -0.39 is 11.7 Å². The summed E-state index contributed by atoms with van der Waals surface area (Å²) in [6, 6.07) is 14.1. The number of benzene rings is 2. The predicted octanol–water partition coefficient (Wildman–Crippen LogP) is 3.88. The summed E-state index contributed by atoms with van der Waals surface area (Å²) in [5.41, 5.74) is 1.75. The van der Waals surface area contributed by atoms with Crippen molar-refractivity contribution in [2.45, 2.75) is 13.8 Å². The Morgan fingerprint density at radius 3 is 2.16 bits per heavy atom. The molecule has 0 unspecified atom stereocenters. The molecule has 0 radical (unpaired) electrons. The number of hydrogen-bond donors (Lipinski definition) is 1. The third-order valence-electron chi connectivity index (χ3n) is 2.55. The lowest BCUT2D eigenvalue weighted by molar-refractivity contribution is 0.0959. The van der Waals surface area contributed by atoms with Crippen LogP contribution in [0.3, 0.4) is 0 Å². The molecule has 2 rings (SSSR count). The van der Waals surface area contributed by atoms with Gasteiger partial charge in [-0.25, -0.2) is 4.39 Å². The first-order chi connectivity index (χ1) is 9.22. The van der Waals surface area contributed by atoms with Crippen molar-refractivity contribution < 1.29 is 9.18 Å². The van der Waals surface area contributed by atoms with E-state index in [0.717, 1.165) is 11.1 Å². The number of carbonyl (C=O) groups is 1. The van der Waals surface area contributed by atoms with E-state index in [2.05, 4.69) is 5.32 Å². The Bertz CT molecular complexity index is 538. The molecule has 1 amide bonds. The molecule has 0 spiro atoms. The van der Waals surface area contributed by atoms with E-state index in [9.17, 15) is 9.18 Å². The van der Waals surface area contributed by atoms with Gasteiger partial charge in [-0.05, 0) is 23.3 Å². The molecule has 1 N–H and O–H groups in total. The molecule has 100 valence electrons. The van der Waals surface area contributed by atoms with Crippen LogP contribution in [0.2, 0.25) is 0 Å². The molecular formula is C16H18FNO. The fraction of sp³-hybridized carbons (Fsp3) is 0.188. The summed E-state index contributed by atoms with van der Waals surface area (Å²) >= 11 is 0. The Labute approximate surface area is 113 Å². The number of amides is 1. The maximum Gasteiger partial charge on any atom is 0.253 e. The van der Waals surface area contributed by atoms with Gasteiger partial charge in [-0.2, -0.15) is 0 Å². The van der Waals surface area contributed by atoms with E-state index in [1.54, 1.807) is 6.07 Å². The summed E-state index contributed by atoms with van der Waals surface area (Å²) in [6.45, 7) is 4.00. The maximum atomic E-state index is 13.7. The second kappa shape index (κ2) is 7.31. The zero-order valence-electron chi connectivity index (χ0n) is 11.4. The smallest absolute Gasteiger partial charge is 0.253 e. The lowest BCUT2D eigenvalue weighted by Crippen LogP contribution is -2.19. The Kier molecular flexibility index (Phi) is 5.73. The zero-order valence-corrected chi connectivity index (χ0v) is 11.4. The van der Waals surface area contributed by atoms with E-state index in [-0.39, 0.29) is 5.56 Å². The summed E-state index contributed by atoms with van der Waals surface area (Å²) in [5.74, 6) is -0.923. The molecule has 0 fully saturated rings. The quantitative estimate of drug-likeness (QED) is 0.871. The van der Waals surface area contributed by atoms with E-state index in [0.29, 0.717) is 0 Å². The van der Waals surface area contributed by atoms with Gasteiger partial charge in [0.25, 0.3) is 5.91 Å². The average Bonchev–Trinajstić information content (AvgIpc) is 2.49. The van der Waals surface area contributed by atoms with Crippen LogP contribution in [-0.4, -0.2) is 13.0 Å². The van der Waals surface area contributed by atoms with Gasteiger partial charge in [-0.15, -0.1) is 0 Å². The molecule has 0 aliphatic heterocycles. The van der Waals surface area contributed by atoms with Crippen molar-refractivity contribution in [1.82, 2.24) is 5.32 Å². The largest absolute Gasteiger partial charge is 0.355 e. The SMILES string of the molecule is CC.CNC(=O)c1ccc(-c2ccccc2)cc1F. The van der Waals surface area contributed by atoms with Crippen molar-refractivity contribution in [1.29, 1.82) is 0 Å². The average molecular weight is 259 g/mol. The molecule has 2 aromatic rings. The van der Waals surface area contributed by atoms with Crippen molar-refractivity contribution >= 4 is 5.91 Å². The van der Waals surface area contributed by atoms with E-state index in [1.807, 2.05) is 44.2 Å². The Hall–Kier alpha value is -2.16. The van der Waals surface area contributed by atoms with Crippen LogP contribution in [0.4, 0.5) is 4.39 Å². The van der Waals surface area contributed by atoms with Gasteiger partial charge < -0.3 is 5.32 Å². The van der Waals surface area contributed by atoms with Gasteiger partial charge in [0, 0.05) is 7.05 Å². The number of rotatable bonds is 2. The first-order valence-electron chi connectivity index (χ1n) is 6.29. The Morgan fingerprint density at radius 1 is 1.00 bits per heavy atom. The summed E-state index contributed by atoms with van der Waals surface area (Å²) < 4.78 is 13.7. The molecule has 0 aliphatic rings. The zero-order chi connectivity index (χ0) is 14.3. The molecule has 19 heavy (non-hydrogen) atoms. The normalized spacial score (nSPS) is 9.26. The van der Waals surface area contributed by atoms with Crippen LogP contribution in [0.15, 0.2) is 48.5 Å². The van der Waals surface area contributed by atoms with E-state index in [4.69, 9.17) is 0 Å². The first-order valence-corrected chi connectivity index (χ1v) is 6.29. The molecule has 0 aromatic heterocycles. The van der Waals surface area contributed by atoms with Crippen molar-refractivity contribution in [3.8, 4) is 11.1 Å². The standard InChI is InChI=1S/C14H12FNO.C2H6/c1-16-14(17)12-8-7-11(9-13(12)15)10-5-3-2-4-6-10;1-2/h2-9H,1H3,(H,16,17);1-2H3. The summed E-state index contributed by atoms with van der Waals surface area (Å²) in [6.07, 6.45) is 0. The van der Waals surface area contributed by atoms with Gasteiger partial charge in [0.05, 0.1) is 5.56 Å². The monoisotopic (exact) mass is 259 g/mol. The highest BCUT2D eigenvalue weighted by Crippen LogP contribution is 2.21. The minimum atomic E-state index is -0.509. The van der Waals surface area contributed by atoms with Crippen LogP contribution in [0.5, 0.6) is 0 Å². The first kappa shape index (κ1) is 14.9. The topological polar surface area (TPSA) is 29.1 Å². The van der Waals surface area contributed by atoms with Crippen LogP contribution >= 0.6 is 0 Å². The van der Waals surface area contributed by atoms with E-state index >= 15 is 0 Å².